The highest BCUT2D eigenvalue weighted by Gasteiger charge is 2.11. The summed E-state index contributed by atoms with van der Waals surface area (Å²) in [5, 5.41) is 3.27. The van der Waals surface area contributed by atoms with E-state index in [1.54, 1.807) is 11.8 Å². The Balaban J connectivity index is 2.58. The molecule has 1 rings (SSSR count). The van der Waals surface area contributed by atoms with Gasteiger partial charge in [-0.3, -0.25) is 10.1 Å². The highest BCUT2D eigenvalue weighted by molar-refractivity contribution is 8.00. The molecule has 0 radical (unpaired) electrons. The zero-order chi connectivity index (χ0) is 12.8. The first-order chi connectivity index (χ1) is 8.04. The topological polar surface area (TPSA) is 55.1 Å². The van der Waals surface area contributed by atoms with Crippen LogP contribution in [0.3, 0.4) is 0 Å². The maximum Gasteiger partial charge on any atom is 0.173 e. The summed E-state index contributed by atoms with van der Waals surface area (Å²) in [5.74, 6) is 0.663. The van der Waals surface area contributed by atoms with Crippen LogP contribution in [0, 0.1) is 13.8 Å². The summed E-state index contributed by atoms with van der Waals surface area (Å²) in [6, 6.07) is 5.93. The van der Waals surface area contributed by atoms with Crippen molar-refractivity contribution in [1.82, 2.24) is 5.32 Å². The van der Waals surface area contributed by atoms with E-state index in [1.807, 2.05) is 39.0 Å². The molecule has 1 atom stereocenters. The molecule has 0 aromatic heterocycles. The number of aryl methyl sites for hydroxylation is 2. The number of hydrogen-bond donors (Lipinski definition) is 2. The Morgan fingerprint density at radius 1 is 1.47 bits per heavy atom. The van der Waals surface area contributed by atoms with E-state index >= 15 is 0 Å². The fraction of sp³-hybridized carbons (Fsp3) is 0.462. The van der Waals surface area contributed by atoms with Crippen molar-refractivity contribution in [3.05, 3.63) is 34.9 Å². The van der Waals surface area contributed by atoms with Crippen LogP contribution in [0.1, 0.15) is 28.4 Å². The van der Waals surface area contributed by atoms with Gasteiger partial charge in [-0.25, -0.2) is 0 Å². The van der Waals surface area contributed by atoms with Gasteiger partial charge in [0.05, 0.1) is 11.1 Å². The number of nitrogens with two attached hydrogens (primary N) is 1. The van der Waals surface area contributed by atoms with Gasteiger partial charge in [-0.15, -0.1) is 11.8 Å². The van der Waals surface area contributed by atoms with E-state index in [9.17, 15) is 4.79 Å². The Kier molecular flexibility index (Phi) is 5.68. The maximum atomic E-state index is 12.0. The number of carbonyl (C=O) groups excluding carboxylic acids is 1. The van der Waals surface area contributed by atoms with Crippen LogP contribution in [0.2, 0.25) is 0 Å². The Bertz CT molecular complexity index is 393. The van der Waals surface area contributed by atoms with Crippen molar-refractivity contribution in [3.63, 3.8) is 0 Å². The largest absolute Gasteiger partial charge is 0.318 e. The number of thioether (sulfide) groups is 1. The van der Waals surface area contributed by atoms with Crippen LogP contribution < -0.4 is 11.1 Å². The first-order valence-electron chi connectivity index (χ1n) is 5.70. The van der Waals surface area contributed by atoms with E-state index in [2.05, 4.69) is 5.32 Å². The van der Waals surface area contributed by atoms with Crippen molar-refractivity contribution in [2.75, 3.05) is 12.4 Å². The van der Waals surface area contributed by atoms with E-state index in [0.717, 1.165) is 11.1 Å². The molecule has 1 aromatic carbocycles. The monoisotopic (exact) mass is 252 g/mol. The average Bonchev–Trinajstić information content (AvgIpc) is 2.26. The lowest BCUT2D eigenvalue weighted by molar-refractivity contribution is 0.102. The standard InChI is InChI=1S/C13H20N2OS/c1-9-4-5-12(10(2)6-9)13(16)7-17-11(3)15-8-14/h4-6,11,15H,7-8,14H2,1-3H3. The maximum absolute atomic E-state index is 12.0. The summed E-state index contributed by atoms with van der Waals surface area (Å²) in [7, 11) is 0. The van der Waals surface area contributed by atoms with Crippen LogP contribution in [-0.2, 0) is 0 Å². The quantitative estimate of drug-likeness (QED) is 0.601. The van der Waals surface area contributed by atoms with Gasteiger partial charge in [-0.1, -0.05) is 23.8 Å². The van der Waals surface area contributed by atoms with Crippen molar-refractivity contribution in [1.29, 1.82) is 0 Å². The minimum absolute atomic E-state index is 0.179. The van der Waals surface area contributed by atoms with Crippen molar-refractivity contribution in [2.45, 2.75) is 26.1 Å². The third-order valence-corrected chi connectivity index (χ3v) is 3.65. The molecule has 0 saturated carbocycles. The zero-order valence-corrected chi connectivity index (χ0v) is 11.4. The summed E-state index contributed by atoms with van der Waals surface area (Å²) >= 11 is 1.58. The number of carbonyl (C=O) groups is 1. The molecule has 0 bridgehead atoms. The molecule has 94 valence electrons. The summed E-state index contributed by atoms with van der Waals surface area (Å²) in [5.41, 5.74) is 8.44. The molecule has 0 amide bonds. The fourth-order valence-corrected chi connectivity index (χ4v) is 2.40. The van der Waals surface area contributed by atoms with Crippen molar-refractivity contribution < 1.29 is 4.79 Å². The van der Waals surface area contributed by atoms with Crippen LogP contribution >= 0.6 is 11.8 Å². The molecule has 1 unspecified atom stereocenters. The van der Waals surface area contributed by atoms with Crippen molar-refractivity contribution in [2.24, 2.45) is 5.73 Å². The van der Waals surface area contributed by atoms with Crippen LogP contribution in [0.5, 0.6) is 0 Å². The Hall–Kier alpha value is -0.840. The molecule has 3 nitrogen and oxygen atoms in total. The second-order valence-electron chi connectivity index (χ2n) is 4.10. The van der Waals surface area contributed by atoms with Gasteiger partial charge in [-0.05, 0) is 26.3 Å². The van der Waals surface area contributed by atoms with Crippen molar-refractivity contribution in [3.8, 4) is 0 Å². The van der Waals surface area contributed by atoms with Gasteiger partial charge >= 0.3 is 0 Å². The molecule has 17 heavy (non-hydrogen) atoms. The highest BCUT2D eigenvalue weighted by Crippen LogP contribution is 2.15. The number of Topliss-reactive ketones (excluding diaryl/α,β-unsaturated/α-hetero) is 1. The SMILES string of the molecule is Cc1ccc(C(=O)CSC(C)NCN)c(C)c1. The van der Waals surface area contributed by atoms with E-state index in [1.165, 1.54) is 5.56 Å². The average molecular weight is 252 g/mol. The molecule has 0 saturated heterocycles. The van der Waals surface area contributed by atoms with Gasteiger partial charge < -0.3 is 5.73 Å². The normalized spacial score (nSPS) is 12.5. The van der Waals surface area contributed by atoms with Gasteiger partial charge in [0.25, 0.3) is 0 Å². The van der Waals surface area contributed by atoms with Gasteiger partial charge in [0, 0.05) is 12.2 Å². The van der Waals surface area contributed by atoms with Gasteiger partial charge in [0.1, 0.15) is 0 Å². The minimum atomic E-state index is 0.179. The third kappa shape index (κ3) is 4.50. The van der Waals surface area contributed by atoms with Crippen molar-refractivity contribution >= 4 is 17.5 Å². The lowest BCUT2D eigenvalue weighted by Gasteiger charge is -2.11. The van der Waals surface area contributed by atoms with Crippen LogP contribution in [0.4, 0.5) is 0 Å². The lowest BCUT2D eigenvalue weighted by atomic mass is 10.0. The third-order valence-electron chi connectivity index (χ3n) is 2.55. The molecular weight excluding hydrogens is 232 g/mol. The molecule has 0 aliphatic heterocycles. The molecule has 0 aliphatic carbocycles. The fourth-order valence-electron chi connectivity index (χ4n) is 1.63. The van der Waals surface area contributed by atoms with Crippen LogP contribution in [-0.4, -0.2) is 23.6 Å². The first-order valence-corrected chi connectivity index (χ1v) is 6.75. The Labute approximate surface area is 107 Å². The van der Waals surface area contributed by atoms with E-state index in [4.69, 9.17) is 5.73 Å². The molecular formula is C13H20N2OS. The second kappa shape index (κ2) is 6.79. The van der Waals surface area contributed by atoms with E-state index in [0.29, 0.717) is 12.4 Å². The van der Waals surface area contributed by atoms with Crippen LogP contribution in [0.25, 0.3) is 0 Å². The number of ketones is 1. The van der Waals surface area contributed by atoms with E-state index in [-0.39, 0.29) is 11.2 Å². The first kappa shape index (κ1) is 14.2. The zero-order valence-electron chi connectivity index (χ0n) is 10.6. The summed E-state index contributed by atoms with van der Waals surface area (Å²) in [6.45, 7) is 6.45. The van der Waals surface area contributed by atoms with Gasteiger partial charge in [0.15, 0.2) is 5.78 Å². The molecule has 1 aromatic rings. The van der Waals surface area contributed by atoms with Gasteiger partial charge in [-0.2, -0.15) is 0 Å². The van der Waals surface area contributed by atoms with Gasteiger partial charge in [0.2, 0.25) is 0 Å². The summed E-state index contributed by atoms with van der Waals surface area (Å²) in [6.07, 6.45) is 0. The number of hydrogen-bond acceptors (Lipinski definition) is 4. The second-order valence-corrected chi connectivity index (χ2v) is 5.43. The smallest absolute Gasteiger partial charge is 0.173 e. The summed E-state index contributed by atoms with van der Waals surface area (Å²) < 4.78 is 0. The molecule has 0 heterocycles. The number of nitrogens with one attached hydrogen (secondary N) is 1. The Morgan fingerprint density at radius 2 is 2.18 bits per heavy atom. The lowest BCUT2D eigenvalue weighted by Crippen LogP contribution is -2.29. The highest BCUT2D eigenvalue weighted by atomic mass is 32.2. The minimum Gasteiger partial charge on any atom is -0.318 e. The molecule has 4 heteroatoms. The summed E-state index contributed by atoms with van der Waals surface area (Å²) in [4.78, 5) is 12.0. The van der Waals surface area contributed by atoms with Crippen LogP contribution in [0.15, 0.2) is 18.2 Å². The Morgan fingerprint density at radius 3 is 2.76 bits per heavy atom. The predicted octanol–water partition coefficient (Wildman–Crippen LogP) is 2.07. The molecule has 0 fully saturated rings. The molecule has 3 N–H and O–H groups in total. The van der Waals surface area contributed by atoms with E-state index < -0.39 is 0 Å². The molecule has 0 aliphatic rings. The number of rotatable bonds is 6. The molecule has 0 spiro atoms. The predicted molar refractivity (Wildman–Crippen MR) is 74.4 cm³/mol. The number of benzene rings is 1.